The van der Waals surface area contributed by atoms with Crippen LogP contribution in [0.15, 0.2) is 47.4 Å². The van der Waals surface area contributed by atoms with E-state index in [1.807, 2.05) is 38.1 Å². The van der Waals surface area contributed by atoms with E-state index in [1.165, 1.54) is 16.8 Å². The first-order valence-corrected chi connectivity index (χ1v) is 11.2. The van der Waals surface area contributed by atoms with Crippen LogP contribution in [0.2, 0.25) is 0 Å². The zero-order chi connectivity index (χ0) is 20.5. The molecule has 0 aromatic heterocycles. The van der Waals surface area contributed by atoms with E-state index in [9.17, 15) is 13.2 Å². The van der Waals surface area contributed by atoms with Crippen molar-refractivity contribution in [2.45, 2.75) is 45.4 Å². The second kappa shape index (κ2) is 7.95. The standard InChI is InChI=1S/C22H28N2O3S/c1-5-18-6-8-20(9-7-18)24(15-16(2)3)28(26,27)21-10-11-22-19(14-21)12-13-23(22)17(4)25/h6-11,14,16H,5,12-13,15H2,1-4H3. The monoisotopic (exact) mass is 400 g/mol. The summed E-state index contributed by atoms with van der Waals surface area (Å²) in [6, 6.07) is 12.8. The summed E-state index contributed by atoms with van der Waals surface area (Å²) in [5.41, 5.74) is 3.57. The molecule has 0 N–H and O–H groups in total. The minimum Gasteiger partial charge on any atom is -0.312 e. The van der Waals surface area contributed by atoms with Crippen LogP contribution in [-0.4, -0.2) is 27.4 Å². The Bertz CT molecular complexity index is 966. The lowest BCUT2D eigenvalue weighted by molar-refractivity contribution is -0.116. The molecule has 2 aromatic carbocycles. The summed E-state index contributed by atoms with van der Waals surface area (Å²) < 4.78 is 28.5. The third kappa shape index (κ3) is 3.92. The van der Waals surface area contributed by atoms with Gasteiger partial charge < -0.3 is 4.90 Å². The molecule has 5 nitrogen and oxygen atoms in total. The van der Waals surface area contributed by atoms with E-state index in [1.54, 1.807) is 23.1 Å². The minimum atomic E-state index is -3.70. The Balaban J connectivity index is 2.01. The Morgan fingerprint density at radius 2 is 1.82 bits per heavy atom. The van der Waals surface area contributed by atoms with Gasteiger partial charge in [-0.25, -0.2) is 8.42 Å². The molecule has 6 heteroatoms. The Kier molecular flexibility index (Phi) is 5.79. The van der Waals surface area contributed by atoms with Crippen molar-refractivity contribution in [3.8, 4) is 0 Å². The maximum atomic E-state index is 13.5. The molecule has 0 fully saturated rings. The van der Waals surface area contributed by atoms with Crippen LogP contribution >= 0.6 is 0 Å². The minimum absolute atomic E-state index is 0.0215. The third-order valence-electron chi connectivity index (χ3n) is 5.08. The smallest absolute Gasteiger partial charge is 0.264 e. The van der Waals surface area contributed by atoms with Crippen molar-refractivity contribution in [3.05, 3.63) is 53.6 Å². The maximum absolute atomic E-state index is 13.5. The van der Waals surface area contributed by atoms with E-state index in [-0.39, 0.29) is 16.7 Å². The summed E-state index contributed by atoms with van der Waals surface area (Å²) in [5, 5.41) is 0. The Morgan fingerprint density at radius 1 is 1.14 bits per heavy atom. The number of benzene rings is 2. The van der Waals surface area contributed by atoms with Gasteiger partial charge in [0.05, 0.1) is 10.6 Å². The highest BCUT2D eigenvalue weighted by molar-refractivity contribution is 7.92. The van der Waals surface area contributed by atoms with Gasteiger partial charge in [-0.1, -0.05) is 32.9 Å². The highest BCUT2D eigenvalue weighted by Crippen LogP contribution is 2.32. The molecule has 1 aliphatic rings. The van der Waals surface area contributed by atoms with Crippen LogP contribution in [0.4, 0.5) is 11.4 Å². The third-order valence-corrected chi connectivity index (χ3v) is 6.87. The number of hydrogen-bond donors (Lipinski definition) is 0. The number of hydrogen-bond acceptors (Lipinski definition) is 3. The average molecular weight is 401 g/mol. The molecule has 1 heterocycles. The fourth-order valence-electron chi connectivity index (χ4n) is 3.56. The molecule has 150 valence electrons. The van der Waals surface area contributed by atoms with Gasteiger partial charge in [-0.3, -0.25) is 9.10 Å². The fraction of sp³-hybridized carbons (Fsp3) is 0.409. The first kappa shape index (κ1) is 20.4. The lowest BCUT2D eigenvalue weighted by atomic mass is 10.1. The normalized spacial score (nSPS) is 13.7. The maximum Gasteiger partial charge on any atom is 0.264 e. The van der Waals surface area contributed by atoms with E-state index in [0.717, 1.165) is 17.7 Å². The van der Waals surface area contributed by atoms with Crippen LogP contribution in [-0.2, 0) is 27.7 Å². The summed E-state index contributed by atoms with van der Waals surface area (Å²) in [6.45, 7) is 8.64. The summed E-state index contributed by atoms with van der Waals surface area (Å²) in [7, 11) is -3.70. The molecule has 28 heavy (non-hydrogen) atoms. The molecule has 1 aliphatic heterocycles. The second-order valence-electron chi connectivity index (χ2n) is 7.66. The Morgan fingerprint density at radius 3 is 2.39 bits per heavy atom. The molecular weight excluding hydrogens is 372 g/mol. The van der Waals surface area contributed by atoms with Crippen LogP contribution < -0.4 is 9.21 Å². The molecule has 0 spiro atoms. The van der Waals surface area contributed by atoms with Gasteiger partial charge in [-0.2, -0.15) is 0 Å². The van der Waals surface area contributed by atoms with Gasteiger partial charge >= 0.3 is 0 Å². The van der Waals surface area contributed by atoms with Gasteiger partial charge in [0.2, 0.25) is 5.91 Å². The summed E-state index contributed by atoms with van der Waals surface area (Å²) >= 11 is 0. The fourth-order valence-corrected chi connectivity index (χ4v) is 5.24. The summed E-state index contributed by atoms with van der Waals surface area (Å²) in [6.07, 6.45) is 1.59. The van der Waals surface area contributed by atoms with Crippen LogP contribution in [0, 0.1) is 5.92 Å². The predicted molar refractivity (Wildman–Crippen MR) is 113 cm³/mol. The van der Waals surface area contributed by atoms with Crippen molar-refractivity contribution in [1.82, 2.24) is 0 Å². The van der Waals surface area contributed by atoms with E-state index in [0.29, 0.717) is 25.2 Å². The molecule has 0 saturated carbocycles. The lowest BCUT2D eigenvalue weighted by Gasteiger charge is -2.27. The molecule has 0 unspecified atom stereocenters. The van der Waals surface area contributed by atoms with Gasteiger partial charge in [-0.15, -0.1) is 0 Å². The molecule has 0 bridgehead atoms. The van der Waals surface area contributed by atoms with Crippen molar-refractivity contribution in [3.63, 3.8) is 0 Å². The largest absolute Gasteiger partial charge is 0.312 e. The quantitative estimate of drug-likeness (QED) is 0.736. The van der Waals surface area contributed by atoms with Crippen molar-refractivity contribution < 1.29 is 13.2 Å². The molecule has 0 radical (unpaired) electrons. The average Bonchev–Trinajstić information content (AvgIpc) is 3.09. The van der Waals surface area contributed by atoms with Gasteiger partial charge in [0, 0.05) is 25.7 Å². The second-order valence-corrected chi connectivity index (χ2v) is 9.52. The highest BCUT2D eigenvalue weighted by atomic mass is 32.2. The first-order chi connectivity index (χ1) is 13.2. The van der Waals surface area contributed by atoms with Gasteiger partial charge in [0.25, 0.3) is 10.0 Å². The number of carbonyl (C=O) groups excluding carboxylic acids is 1. The SMILES string of the molecule is CCc1ccc(N(CC(C)C)S(=O)(=O)c2ccc3c(c2)CCN3C(C)=O)cc1. The highest BCUT2D eigenvalue weighted by Gasteiger charge is 2.29. The molecule has 0 atom stereocenters. The molecule has 0 aliphatic carbocycles. The topological polar surface area (TPSA) is 57.7 Å². The molecule has 3 rings (SSSR count). The number of rotatable bonds is 6. The van der Waals surface area contributed by atoms with E-state index >= 15 is 0 Å². The van der Waals surface area contributed by atoms with E-state index in [4.69, 9.17) is 0 Å². The zero-order valence-electron chi connectivity index (χ0n) is 17.0. The number of nitrogens with zero attached hydrogens (tertiary/aromatic N) is 2. The van der Waals surface area contributed by atoms with Gasteiger partial charge in [0.1, 0.15) is 0 Å². The van der Waals surface area contributed by atoms with E-state index < -0.39 is 10.0 Å². The van der Waals surface area contributed by atoms with E-state index in [2.05, 4.69) is 6.92 Å². The molecule has 1 amide bonds. The van der Waals surface area contributed by atoms with Gasteiger partial charge in [0.15, 0.2) is 0 Å². The van der Waals surface area contributed by atoms with Crippen LogP contribution in [0.25, 0.3) is 0 Å². The summed E-state index contributed by atoms with van der Waals surface area (Å²) in [5.74, 6) is 0.162. The lowest BCUT2D eigenvalue weighted by Crippen LogP contribution is -2.34. The Hall–Kier alpha value is -2.34. The summed E-state index contributed by atoms with van der Waals surface area (Å²) in [4.78, 5) is 13.7. The van der Waals surface area contributed by atoms with Crippen molar-refractivity contribution in [2.24, 2.45) is 5.92 Å². The first-order valence-electron chi connectivity index (χ1n) is 9.76. The number of anilines is 2. The van der Waals surface area contributed by atoms with Crippen molar-refractivity contribution >= 4 is 27.3 Å². The van der Waals surface area contributed by atoms with Crippen LogP contribution in [0.5, 0.6) is 0 Å². The molecule has 2 aromatic rings. The number of carbonyl (C=O) groups is 1. The number of aryl methyl sites for hydroxylation is 1. The predicted octanol–water partition coefficient (Wildman–Crippen LogP) is 4.01. The molecule has 0 saturated heterocycles. The number of fused-ring (bicyclic) bond motifs is 1. The van der Waals surface area contributed by atoms with Crippen molar-refractivity contribution in [2.75, 3.05) is 22.3 Å². The zero-order valence-corrected chi connectivity index (χ0v) is 17.8. The van der Waals surface area contributed by atoms with Crippen molar-refractivity contribution in [1.29, 1.82) is 0 Å². The number of sulfonamides is 1. The van der Waals surface area contributed by atoms with Crippen LogP contribution in [0.3, 0.4) is 0 Å². The van der Waals surface area contributed by atoms with Gasteiger partial charge in [-0.05, 0) is 60.2 Å². The molecular formula is C22H28N2O3S. The Labute approximate surface area is 168 Å². The van der Waals surface area contributed by atoms with Crippen LogP contribution in [0.1, 0.15) is 38.8 Å². The number of amides is 1.